The third-order valence-corrected chi connectivity index (χ3v) is 5.43. The van der Waals surface area contributed by atoms with E-state index in [-0.39, 0.29) is 23.8 Å². The Balaban J connectivity index is 2.17. The average molecular weight is 450 g/mol. The van der Waals surface area contributed by atoms with E-state index in [1.807, 2.05) is 0 Å². The molecular formula is C21H31N5O6. The zero-order valence-corrected chi connectivity index (χ0v) is 18.6. The Morgan fingerprint density at radius 3 is 2.47 bits per heavy atom. The molecule has 0 aromatic heterocycles. The molecule has 0 radical (unpaired) electrons. The fraction of sp³-hybridized carbons (Fsp3) is 0.571. The van der Waals surface area contributed by atoms with Gasteiger partial charge in [0, 0.05) is 24.4 Å². The molecule has 4 amide bonds. The van der Waals surface area contributed by atoms with Crippen LogP contribution < -0.4 is 16.1 Å². The van der Waals surface area contributed by atoms with E-state index in [0.717, 1.165) is 25.7 Å². The number of rotatable bonds is 8. The smallest absolute Gasteiger partial charge is 0.319 e. The number of nitrogens with one attached hydrogen (secondary N) is 3. The number of hydrogen-bond acceptors (Lipinski definition) is 6. The molecule has 11 heteroatoms. The molecule has 0 saturated heterocycles. The molecule has 2 rings (SSSR count). The van der Waals surface area contributed by atoms with Crippen LogP contribution in [0.4, 0.5) is 16.2 Å². The van der Waals surface area contributed by atoms with E-state index < -0.39 is 34.2 Å². The second-order valence-electron chi connectivity index (χ2n) is 9.11. The van der Waals surface area contributed by atoms with Crippen LogP contribution in [0.25, 0.3) is 0 Å². The summed E-state index contributed by atoms with van der Waals surface area (Å²) in [6.07, 6.45) is 4.02. The van der Waals surface area contributed by atoms with Gasteiger partial charge in [-0.05, 0) is 30.2 Å². The molecule has 1 aliphatic carbocycles. The Morgan fingerprint density at radius 1 is 1.25 bits per heavy atom. The first-order valence-electron chi connectivity index (χ1n) is 10.5. The van der Waals surface area contributed by atoms with Crippen LogP contribution >= 0.6 is 0 Å². The van der Waals surface area contributed by atoms with Gasteiger partial charge in [-0.25, -0.2) is 10.3 Å². The van der Waals surface area contributed by atoms with Gasteiger partial charge in [0.1, 0.15) is 12.6 Å². The highest BCUT2D eigenvalue weighted by atomic mass is 16.6. The molecule has 1 fully saturated rings. The molecule has 176 valence electrons. The Morgan fingerprint density at radius 2 is 1.91 bits per heavy atom. The van der Waals surface area contributed by atoms with E-state index in [1.54, 1.807) is 26.3 Å². The molecule has 1 saturated carbocycles. The van der Waals surface area contributed by atoms with Crippen LogP contribution in [0.15, 0.2) is 24.3 Å². The molecule has 0 aliphatic heterocycles. The van der Waals surface area contributed by atoms with E-state index in [1.165, 1.54) is 29.2 Å². The third-order valence-electron chi connectivity index (χ3n) is 5.43. The minimum absolute atomic E-state index is 0.177. The van der Waals surface area contributed by atoms with E-state index in [2.05, 4.69) is 10.6 Å². The maximum Gasteiger partial charge on any atom is 0.319 e. The molecule has 1 aliphatic rings. The Kier molecular flexibility index (Phi) is 8.53. The lowest BCUT2D eigenvalue weighted by atomic mass is 9.85. The summed E-state index contributed by atoms with van der Waals surface area (Å²) in [6, 6.07) is 3.78. The molecular weight excluding hydrogens is 418 g/mol. The van der Waals surface area contributed by atoms with Crippen LogP contribution in [-0.2, 0) is 9.59 Å². The summed E-state index contributed by atoms with van der Waals surface area (Å²) in [6.45, 7) is 5.37. The van der Waals surface area contributed by atoms with Gasteiger partial charge >= 0.3 is 6.03 Å². The Labute approximate surface area is 186 Å². The van der Waals surface area contributed by atoms with Gasteiger partial charge in [0.15, 0.2) is 0 Å². The molecule has 0 unspecified atom stereocenters. The zero-order chi connectivity index (χ0) is 23.9. The van der Waals surface area contributed by atoms with Crippen molar-refractivity contribution in [1.29, 1.82) is 0 Å². The van der Waals surface area contributed by atoms with Crippen LogP contribution in [0.2, 0.25) is 0 Å². The van der Waals surface area contributed by atoms with Gasteiger partial charge in [-0.2, -0.15) is 0 Å². The predicted molar refractivity (Wildman–Crippen MR) is 117 cm³/mol. The average Bonchev–Trinajstić information content (AvgIpc) is 3.23. The van der Waals surface area contributed by atoms with E-state index in [9.17, 15) is 24.5 Å². The van der Waals surface area contributed by atoms with Crippen molar-refractivity contribution in [2.75, 3.05) is 18.4 Å². The lowest BCUT2D eigenvalue weighted by Crippen LogP contribution is -2.57. The van der Waals surface area contributed by atoms with Crippen molar-refractivity contribution in [1.82, 2.24) is 15.7 Å². The summed E-state index contributed by atoms with van der Waals surface area (Å²) in [5.74, 6) is -0.906. The van der Waals surface area contributed by atoms with Gasteiger partial charge in [0.05, 0.1) is 4.92 Å². The standard InChI is InChI=1S/C21H31N5O6/c1-21(2,3)18(23-20(29)22-15-9-6-10-16(11-15)26(31)32)19(28)25(13-17(27)24-30)12-14-7-4-5-8-14/h6,9-11,14,18,30H,4-5,7-8,12-13H2,1-3H3,(H,24,27)(H2,22,23,29)/t18-/m1/s1. The number of carbonyl (C=O) groups excluding carboxylic acids is 3. The van der Waals surface area contributed by atoms with E-state index in [4.69, 9.17) is 5.21 Å². The number of hydrogen-bond donors (Lipinski definition) is 4. The van der Waals surface area contributed by atoms with Crippen molar-refractivity contribution < 1.29 is 24.5 Å². The quantitative estimate of drug-likeness (QED) is 0.272. The summed E-state index contributed by atoms with van der Waals surface area (Å²) in [4.78, 5) is 49.6. The molecule has 1 atom stereocenters. The van der Waals surface area contributed by atoms with Crippen molar-refractivity contribution in [2.24, 2.45) is 11.3 Å². The number of anilines is 1. The highest BCUT2D eigenvalue weighted by Gasteiger charge is 2.37. The van der Waals surface area contributed by atoms with Gasteiger partial charge in [0.2, 0.25) is 5.91 Å². The van der Waals surface area contributed by atoms with Gasteiger partial charge < -0.3 is 15.5 Å². The first-order chi connectivity index (χ1) is 15.0. The number of hydroxylamine groups is 1. The molecule has 0 spiro atoms. The van der Waals surface area contributed by atoms with Crippen LogP contribution in [-0.4, -0.2) is 52.0 Å². The molecule has 11 nitrogen and oxygen atoms in total. The van der Waals surface area contributed by atoms with E-state index in [0.29, 0.717) is 6.54 Å². The van der Waals surface area contributed by atoms with E-state index >= 15 is 0 Å². The topological polar surface area (TPSA) is 154 Å². The van der Waals surface area contributed by atoms with Gasteiger partial charge in [-0.3, -0.25) is 24.9 Å². The van der Waals surface area contributed by atoms with Crippen LogP contribution in [0.3, 0.4) is 0 Å². The number of amides is 4. The third kappa shape index (κ3) is 7.19. The van der Waals surface area contributed by atoms with Gasteiger partial charge in [-0.1, -0.05) is 39.7 Å². The van der Waals surface area contributed by atoms with Gasteiger partial charge in [-0.15, -0.1) is 0 Å². The van der Waals surface area contributed by atoms with Crippen molar-refractivity contribution >= 4 is 29.2 Å². The van der Waals surface area contributed by atoms with Crippen molar-refractivity contribution in [3.05, 3.63) is 34.4 Å². The summed E-state index contributed by atoms with van der Waals surface area (Å²) in [5.41, 5.74) is 0.890. The highest BCUT2D eigenvalue weighted by Crippen LogP contribution is 2.27. The number of benzene rings is 1. The fourth-order valence-electron chi connectivity index (χ4n) is 3.77. The second kappa shape index (κ2) is 10.9. The minimum atomic E-state index is -0.978. The fourth-order valence-corrected chi connectivity index (χ4v) is 3.77. The highest BCUT2D eigenvalue weighted by molar-refractivity contribution is 5.95. The Hall–Kier alpha value is -3.21. The maximum absolute atomic E-state index is 13.4. The number of carbonyl (C=O) groups is 3. The largest absolute Gasteiger partial charge is 0.331 e. The van der Waals surface area contributed by atoms with Crippen LogP contribution in [0.5, 0.6) is 0 Å². The summed E-state index contributed by atoms with van der Waals surface area (Å²) < 4.78 is 0. The zero-order valence-electron chi connectivity index (χ0n) is 18.6. The first-order valence-corrected chi connectivity index (χ1v) is 10.5. The lowest BCUT2D eigenvalue weighted by Gasteiger charge is -2.35. The van der Waals surface area contributed by atoms with Crippen molar-refractivity contribution in [2.45, 2.75) is 52.5 Å². The monoisotopic (exact) mass is 449 g/mol. The number of nitrogens with zero attached hydrogens (tertiary/aromatic N) is 2. The van der Waals surface area contributed by atoms with Crippen molar-refractivity contribution in [3.63, 3.8) is 0 Å². The summed E-state index contributed by atoms with van der Waals surface area (Å²) >= 11 is 0. The SMILES string of the molecule is CC(C)(C)[C@H](NC(=O)Nc1cccc([N+](=O)[O-])c1)C(=O)N(CC(=O)NO)CC1CCCC1. The molecule has 4 N–H and O–H groups in total. The summed E-state index contributed by atoms with van der Waals surface area (Å²) in [5, 5.41) is 25.0. The second-order valence-corrected chi connectivity index (χ2v) is 9.11. The molecule has 0 bridgehead atoms. The number of urea groups is 1. The number of non-ortho nitro benzene ring substituents is 1. The summed E-state index contributed by atoms with van der Waals surface area (Å²) in [7, 11) is 0. The van der Waals surface area contributed by atoms with Crippen LogP contribution in [0.1, 0.15) is 46.5 Å². The number of nitro groups is 1. The molecule has 0 heterocycles. The first kappa shape index (κ1) is 25.1. The molecule has 32 heavy (non-hydrogen) atoms. The normalized spacial score (nSPS) is 15.0. The minimum Gasteiger partial charge on any atom is -0.331 e. The lowest BCUT2D eigenvalue weighted by molar-refractivity contribution is -0.384. The maximum atomic E-state index is 13.4. The van der Waals surface area contributed by atoms with Crippen molar-refractivity contribution in [3.8, 4) is 0 Å². The van der Waals surface area contributed by atoms with Crippen LogP contribution in [0, 0.1) is 21.4 Å². The molecule has 1 aromatic carbocycles. The van der Waals surface area contributed by atoms with Gasteiger partial charge in [0.25, 0.3) is 11.6 Å². The molecule has 1 aromatic rings. The number of nitro benzene ring substituents is 1. The Bertz CT molecular complexity index is 847. The predicted octanol–water partition coefficient (Wildman–Crippen LogP) is 2.66.